The van der Waals surface area contributed by atoms with E-state index in [9.17, 15) is 9.59 Å². The van der Waals surface area contributed by atoms with Crippen LogP contribution in [0.4, 0.5) is 0 Å². The van der Waals surface area contributed by atoms with Crippen LogP contribution in [0.1, 0.15) is 316 Å². The first-order valence-corrected chi connectivity index (χ1v) is 30.8. The Hall–Kier alpha value is -2.40. The van der Waals surface area contributed by atoms with E-state index in [1.165, 1.54) is 212 Å². The van der Waals surface area contributed by atoms with E-state index in [1.54, 1.807) is 0 Å². The maximum absolute atomic E-state index is 12.9. The smallest absolute Gasteiger partial charge is 0.306 e. The fourth-order valence-electron chi connectivity index (χ4n) is 9.02. The van der Waals surface area contributed by atoms with Gasteiger partial charge in [0.05, 0.1) is 6.61 Å². The number of allylic oxidation sites excluding steroid dienone is 10. The average molecular weight is 980 g/mol. The van der Waals surface area contributed by atoms with E-state index < -0.39 is 6.10 Å². The molecule has 0 spiro atoms. The normalized spacial score (nSPS) is 12.6. The van der Waals surface area contributed by atoms with Crippen LogP contribution in [0.5, 0.6) is 0 Å². The number of ether oxygens (including phenoxy) is 3. The number of hydrogen-bond acceptors (Lipinski definition) is 5. The Bertz CT molecular complexity index is 1200. The molecule has 0 bridgehead atoms. The molecular weight excluding hydrogens is 861 g/mol. The molecule has 70 heavy (non-hydrogen) atoms. The average Bonchev–Trinajstić information content (AvgIpc) is 3.36. The number of rotatable bonds is 57. The second kappa shape index (κ2) is 60.9. The molecule has 0 radical (unpaired) electrons. The minimum atomic E-state index is -0.564. The van der Waals surface area contributed by atoms with Gasteiger partial charge in [-0.3, -0.25) is 9.59 Å². The minimum absolute atomic E-state index is 0.0671. The molecule has 0 fully saturated rings. The molecule has 5 nitrogen and oxygen atoms in total. The van der Waals surface area contributed by atoms with E-state index in [2.05, 4.69) is 81.5 Å². The van der Waals surface area contributed by atoms with Crippen LogP contribution in [0.25, 0.3) is 0 Å². The van der Waals surface area contributed by atoms with E-state index in [1.807, 2.05) is 0 Å². The third-order valence-corrected chi connectivity index (χ3v) is 13.6. The lowest BCUT2D eigenvalue weighted by Gasteiger charge is -2.18. The molecule has 0 saturated heterocycles. The Kier molecular flexibility index (Phi) is 58.8. The van der Waals surface area contributed by atoms with E-state index in [4.69, 9.17) is 14.2 Å². The van der Waals surface area contributed by atoms with Crippen LogP contribution in [-0.4, -0.2) is 37.9 Å². The summed E-state index contributed by atoms with van der Waals surface area (Å²) in [5.41, 5.74) is 0. The highest BCUT2D eigenvalue weighted by Gasteiger charge is 2.17. The summed E-state index contributed by atoms with van der Waals surface area (Å²) in [5.74, 6) is -0.445. The highest BCUT2D eigenvalue weighted by molar-refractivity contribution is 5.70. The van der Waals surface area contributed by atoms with Crippen LogP contribution in [0.3, 0.4) is 0 Å². The van der Waals surface area contributed by atoms with Crippen molar-refractivity contribution in [1.82, 2.24) is 0 Å². The third kappa shape index (κ3) is 58.2. The Labute approximate surface area is 436 Å². The van der Waals surface area contributed by atoms with Gasteiger partial charge >= 0.3 is 11.9 Å². The Morgan fingerprint density at radius 1 is 0.329 bits per heavy atom. The minimum Gasteiger partial charge on any atom is -0.462 e. The Morgan fingerprint density at radius 3 is 1.01 bits per heavy atom. The topological polar surface area (TPSA) is 61.8 Å². The fourth-order valence-corrected chi connectivity index (χ4v) is 9.02. The summed E-state index contributed by atoms with van der Waals surface area (Å²) in [6, 6.07) is 0. The number of unbranched alkanes of at least 4 members (excludes halogenated alkanes) is 36. The quantitative estimate of drug-likeness (QED) is 0.0345. The van der Waals surface area contributed by atoms with Crippen molar-refractivity contribution in [2.75, 3.05) is 19.8 Å². The highest BCUT2D eigenvalue weighted by Crippen LogP contribution is 2.17. The molecule has 5 heteroatoms. The van der Waals surface area contributed by atoms with Gasteiger partial charge in [-0.15, -0.1) is 0 Å². The van der Waals surface area contributed by atoms with Crippen LogP contribution in [0, 0.1) is 0 Å². The van der Waals surface area contributed by atoms with Crippen molar-refractivity contribution in [2.45, 2.75) is 322 Å². The molecule has 0 aromatic carbocycles. The van der Waals surface area contributed by atoms with E-state index in [0.717, 1.165) is 70.6 Å². The maximum Gasteiger partial charge on any atom is 0.306 e. The van der Waals surface area contributed by atoms with Crippen molar-refractivity contribution >= 4 is 11.9 Å². The van der Waals surface area contributed by atoms with Gasteiger partial charge in [0.15, 0.2) is 6.10 Å². The van der Waals surface area contributed by atoms with E-state index in [0.29, 0.717) is 19.4 Å². The summed E-state index contributed by atoms with van der Waals surface area (Å²) in [4.78, 5) is 25.6. The van der Waals surface area contributed by atoms with Crippen molar-refractivity contribution in [3.63, 3.8) is 0 Å². The van der Waals surface area contributed by atoms with E-state index in [-0.39, 0.29) is 25.2 Å². The molecule has 0 aromatic heterocycles. The zero-order valence-electron chi connectivity index (χ0n) is 47.0. The monoisotopic (exact) mass is 979 g/mol. The number of carbonyl (C=O) groups excluding carboxylic acids is 2. The molecule has 0 rings (SSSR count). The number of hydrogen-bond donors (Lipinski definition) is 0. The highest BCUT2D eigenvalue weighted by atomic mass is 16.6. The number of esters is 2. The Balaban J connectivity index is 4.30. The molecule has 0 amide bonds. The predicted octanol–water partition coefficient (Wildman–Crippen LogP) is 21.2. The maximum atomic E-state index is 12.9. The van der Waals surface area contributed by atoms with Gasteiger partial charge in [-0.25, -0.2) is 0 Å². The fraction of sp³-hybridized carbons (Fsp3) is 0.815. The summed E-state index contributed by atoms with van der Waals surface area (Å²) in [6.45, 7) is 7.72. The zero-order chi connectivity index (χ0) is 50.6. The molecule has 408 valence electrons. The van der Waals surface area contributed by atoms with Crippen molar-refractivity contribution in [2.24, 2.45) is 0 Å². The van der Waals surface area contributed by atoms with Crippen molar-refractivity contribution in [1.29, 1.82) is 0 Å². The molecule has 0 aliphatic carbocycles. The molecule has 0 N–H and O–H groups in total. The molecule has 0 aromatic rings. The first-order valence-electron chi connectivity index (χ1n) is 30.8. The third-order valence-electron chi connectivity index (χ3n) is 13.6. The predicted molar refractivity (Wildman–Crippen MR) is 307 cm³/mol. The molecule has 1 atom stereocenters. The molecule has 0 aliphatic rings. The molecule has 0 aliphatic heterocycles. The van der Waals surface area contributed by atoms with Gasteiger partial charge in [0.25, 0.3) is 0 Å². The van der Waals surface area contributed by atoms with Gasteiger partial charge in [0.2, 0.25) is 0 Å². The summed E-state index contributed by atoms with van der Waals surface area (Å²) >= 11 is 0. The van der Waals surface area contributed by atoms with Crippen LogP contribution < -0.4 is 0 Å². The van der Waals surface area contributed by atoms with Crippen LogP contribution in [0.15, 0.2) is 60.8 Å². The Morgan fingerprint density at radius 2 is 0.643 bits per heavy atom. The van der Waals surface area contributed by atoms with Crippen LogP contribution >= 0.6 is 0 Å². The van der Waals surface area contributed by atoms with Gasteiger partial charge in [-0.2, -0.15) is 0 Å². The second-order valence-corrected chi connectivity index (χ2v) is 20.6. The van der Waals surface area contributed by atoms with Crippen LogP contribution in [0.2, 0.25) is 0 Å². The van der Waals surface area contributed by atoms with Crippen LogP contribution in [-0.2, 0) is 23.8 Å². The lowest BCUT2D eigenvalue weighted by Crippen LogP contribution is -2.30. The van der Waals surface area contributed by atoms with Gasteiger partial charge in [0, 0.05) is 19.4 Å². The first-order chi connectivity index (χ1) is 34.6. The second-order valence-electron chi connectivity index (χ2n) is 20.6. The standard InChI is InChI=1S/C65H118O5/c1-4-7-10-13-16-19-22-25-28-31-33-35-37-40-43-46-49-52-55-58-64(66)69-62-63(61-68-60-57-54-51-48-45-42-39-36-32-29-26-23-20-17-14-11-8-5-2)70-65(67)59-56-53-50-47-44-41-38-34-30-27-24-21-18-15-12-9-6-3/h9,12,18,21,27,30,38,41,47,50,63H,4-8,10-11,13-17,19-20,22-26,28-29,31-37,39-40,42-46,48-49,51-62H2,1-3H3/b12-9-,21-18-,30-27-,41-38-,50-47-. The molecule has 0 heterocycles. The summed E-state index contributed by atoms with van der Waals surface area (Å²) < 4.78 is 17.5. The lowest BCUT2D eigenvalue weighted by atomic mass is 10.0. The van der Waals surface area contributed by atoms with Gasteiger partial charge in [-0.1, -0.05) is 306 Å². The summed E-state index contributed by atoms with van der Waals surface area (Å²) in [6.07, 6.45) is 78.4. The summed E-state index contributed by atoms with van der Waals surface area (Å²) in [7, 11) is 0. The van der Waals surface area contributed by atoms with Crippen molar-refractivity contribution in [3.05, 3.63) is 60.8 Å². The van der Waals surface area contributed by atoms with Gasteiger partial charge in [0.1, 0.15) is 6.61 Å². The van der Waals surface area contributed by atoms with Gasteiger partial charge in [-0.05, 0) is 57.8 Å². The SMILES string of the molecule is CC/C=C\C/C=C\C/C=C\C/C=C\C/C=C\CCCC(=O)OC(COCCCCCCCCCCCCCCCCCCCC)COC(=O)CCCCCCCCCCCCCCCCCCCCC. The first kappa shape index (κ1) is 67.6. The molecule has 0 saturated carbocycles. The van der Waals surface area contributed by atoms with Crippen molar-refractivity contribution < 1.29 is 23.8 Å². The zero-order valence-corrected chi connectivity index (χ0v) is 47.0. The largest absolute Gasteiger partial charge is 0.462 e. The van der Waals surface area contributed by atoms with E-state index >= 15 is 0 Å². The molecule has 1 unspecified atom stereocenters. The molecular formula is C65H118O5. The van der Waals surface area contributed by atoms with Gasteiger partial charge < -0.3 is 14.2 Å². The van der Waals surface area contributed by atoms with Crippen molar-refractivity contribution in [3.8, 4) is 0 Å². The summed E-state index contributed by atoms with van der Waals surface area (Å²) in [5, 5.41) is 0. The lowest BCUT2D eigenvalue weighted by molar-refractivity contribution is -0.162. The number of carbonyl (C=O) groups is 2.